The molecule has 1 fully saturated rings. The number of amides is 2. The molecule has 0 aromatic carbocycles. The van der Waals surface area contributed by atoms with Gasteiger partial charge in [0.25, 0.3) is 5.91 Å². The number of fused-ring (bicyclic) bond motifs is 1. The van der Waals surface area contributed by atoms with Crippen LogP contribution in [0.4, 0.5) is 23.8 Å². The van der Waals surface area contributed by atoms with E-state index in [0.717, 1.165) is 10.9 Å². The number of halogens is 3. The van der Waals surface area contributed by atoms with Crippen LogP contribution in [0.15, 0.2) is 29.0 Å². The summed E-state index contributed by atoms with van der Waals surface area (Å²) in [7, 11) is 0. The zero-order chi connectivity index (χ0) is 22.2. The van der Waals surface area contributed by atoms with E-state index in [9.17, 15) is 22.8 Å². The van der Waals surface area contributed by atoms with Crippen LogP contribution in [0.3, 0.4) is 0 Å². The number of rotatable bonds is 3. The molecule has 0 aliphatic carbocycles. The molecule has 0 bridgehead atoms. The number of alkyl halides is 3. The summed E-state index contributed by atoms with van der Waals surface area (Å²) in [4.78, 5) is 27.9. The summed E-state index contributed by atoms with van der Waals surface area (Å²) in [5, 5.41) is 6.86. The number of hydrogen-bond donors (Lipinski definition) is 1. The SMILES string of the molecule is CCOC(=O)N1CCN(C(=O)c2cnn3c2N[C@H](c2ccco2)C[C@H]3C(F)(F)F)CC1. The van der Waals surface area contributed by atoms with E-state index in [-0.39, 0.29) is 50.6 Å². The molecule has 4 rings (SSSR count). The number of carbonyl (C=O) groups is 2. The Labute approximate surface area is 175 Å². The Morgan fingerprint density at radius 2 is 1.97 bits per heavy atom. The number of aromatic nitrogens is 2. The predicted molar refractivity (Wildman–Crippen MR) is 102 cm³/mol. The van der Waals surface area contributed by atoms with Crippen molar-refractivity contribution in [2.75, 3.05) is 38.1 Å². The minimum absolute atomic E-state index is 0.00722. The van der Waals surface area contributed by atoms with Crippen molar-refractivity contribution in [3.05, 3.63) is 35.9 Å². The molecular formula is C19H22F3N5O4. The van der Waals surface area contributed by atoms with Crippen molar-refractivity contribution in [1.29, 1.82) is 0 Å². The lowest BCUT2D eigenvalue weighted by molar-refractivity contribution is -0.174. The number of nitrogens with one attached hydrogen (secondary N) is 1. The third-order valence-corrected chi connectivity index (χ3v) is 5.45. The number of anilines is 1. The molecule has 2 aliphatic rings. The fourth-order valence-electron chi connectivity index (χ4n) is 3.87. The topological polar surface area (TPSA) is 92.8 Å². The van der Waals surface area contributed by atoms with Crippen LogP contribution >= 0.6 is 0 Å². The van der Waals surface area contributed by atoms with E-state index < -0.39 is 30.3 Å². The number of nitrogens with zero attached hydrogens (tertiary/aromatic N) is 4. The number of ether oxygens (including phenoxy) is 1. The molecule has 0 unspecified atom stereocenters. The van der Waals surface area contributed by atoms with E-state index in [2.05, 4.69) is 10.4 Å². The van der Waals surface area contributed by atoms with Crippen LogP contribution in [0.5, 0.6) is 0 Å². The molecule has 1 saturated heterocycles. The number of furan rings is 1. The van der Waals surface area contributed by atoms with Crippen LogP contribution < -0.4 is 5.32 Å². The first-order valence-electron chi connectivity index (χ1n) is 9.94. The molecule has 9 nitrogen and oxygen atoms in total. The highest BCUT2D eigenvalue weighted by Crippen LogP contribution is 2.44. The summed E-state index contributed by atoms with van der Waals surface area (Å²) >= 11 is 0. The highest BCUT2D eigenvalue weighted by molar-refractivity contribution is 5.99. The Kier molecular flexibility index (Phi) is 5.54. The summed E-state index contributed by atoms with van der Waals surface area (Å²) in [5.41, 5.74) is 0.0510. The number of hydrogen-bond acceptors (Lipinski definition) is 6. The quantitative estimate of drug-likeness (QED) is 0.787. The van der Waals surface area contributed by atoms with Gasteiger partial charge in [-0.3, -0.25) is 4.79 Å². The Morgan fingerprint density at radius 3 is 2.58 bits per heavy atom. The average Bonchev–Trinajstić information content (AvgIpc) is 3.42. The van der Waals surface area contributed by atoms with Gasteiger partial charge in [-0.05, 0) is 19.1 Å². The second-order valence-electron chi connectivity index (χ2n) is 7.34. The van der Waals surface area contributed by atoms with Crippen molar-refractivity contribution in [1.82, 2.24) is 19.6 Å². The maximum Gasteiger partial charge on any atom is 0.410 e. The third kappa shape index (κ3) is 4.06. The normalized spacial score (nSPS) is 21.4. The van der Waals surface area contributed by atoms with Gasteiger partial charge in [0.1, 0.15) is 17.1 Å². The van der Waals surface area contributed by atoms with Gasteiger partial charge in [0.15, 0.2) is 6.04 Å². The molecule has 1 N–H and O–H groups in total. The number of piperazine rings is 1. The molecule has 0 spiro atoms. The highest BCUT2D eigenvalue weighted by Gasteiger charge is 2.48. The first kappa shape index (κ1) is 21.1. The van der Waals surface area contributed by atoms with Gasteiger partial charge in [0.05, 0.1) is 25.1 Å². The van der Waals surface area contributed by atoms with E-state index in [1.807, 2.05) is 0 Å². The Hall–Kier alpha value is -3.18. The van der Waals surface area contributed by atoms with Gasteiger partial charge < -0.3 is 24.3 Å². The molecule has 2 aromatic rings. The fourth-order valence-corrected chi connectivity index (χ4v) is 3.87. The van der Waals surface area contributed by atoms with Crippen LogP contribution in [0.25, 0.3) is 0 Å². The van der Waals surface area contributed by atoms with Crippen molar-refractivity contribution >= 4 is 17.8 Å². The highest BCUT2D eigenvalue weighted by atomic mass is 19.4. The van der Waals surface area contributed by atoms with Crippen LogP contribution in [0.1, 0.15) is 41.5 Å². The summed E-state index contributed by atoms with van der Waals surface area (Å²) in [6, 6.07) is 0.549. The van der Waals surface area contributed by atoms with E-state index >= 15 is 0 Å². The monoisotopic (exact) mass is 441 g/mol. The summed E-state index contributed by atoms with van der Waals surface area (Å²) in [6.45, 7) is 3.00. The lowest BCUT2D eigenvalue weighted by atomic mass is 10.0. The average molecular weight is 441 g/mol. The van der Waals surface area contributed by atoms with E-state index in [1.54, 1.807) is 19.1 Å². The van der Waals surface area contributed by atoms with Crippen molar-refractivity contribution < 1.29 is 31.9 Å². The van der Waals surface area contributed by atoms with Crippen LogP contribution in [0, 0.1) is 0 Å². The molecule has 2 aromatic heterocycles. The van der Waals surface area contributed by atoms with Gasteiger partial charge in [-0.25, -0.2) is 9.48 Å². The Morgan fingerprint density at radius 1 is 1.26 bits per heavy atom. The molecule has 2 atom stereocenters. The molecule has 12 heteroatoms. The zero-order valence-corrected chi connectivity index (χ0v) is 16.8. The molecule has 0 radical (unpaired) electrons. The van der Waals surface area contributed by atoms with Crippen LogP contribution in [-0.4, -0.2) is 70.5 Å². The van der Waals surface area contributed by atoms with Crippen molar-refractivity contribution in [3.63, 3.8) is 0 Å². The molecular weight excluding hydrogens is 419 g/mol. The molecule has 4 heterocycles. The van der Waals surface area contributed by atoms with Gasteiger partial charge in [-0.1, -0.05) is 0 Å². The zero-order valence-electron chi connectivity index (χ0n) is 16.8. The van der Waals surface area contributed by atoms with Gasteiger partial charge in [-0.15, -0.1) is 0 Å². The fraction of sp³-hybridized carbons (Fsp3) is 0.526. The standard InChI is InChI=1S/C19H22F3N5O4/c1-2-30-18(29)26-7-5-25(6-8-26)17(28)12-11-23-27-15(19(20,21)22)10-13(24-16(12)27)14-4-3-9-31-14/h3-4,9,11,13,15,24H,2,5-8,10H2,1H3/t13-,15-/m0/s1. The summed E-state index contributed by atoms with van der Waals surface area (Å²) in [5.74, 6) is -0.0887. The van der Waals surface area contributed by atoms with Crippen molar-refractivity contribution in [2.24, 2.45) is 0 Å². The Bertz CT molecular complexity index is 935. The number of carbonyl (C=O) groups excluding carboxylic acids is 2. The minimum Gasteiger partial charge on any atom is -0.467 e. The van der Waals surface area contributed by atoms with Gasteiger partial charge >= 0.3 is 12.3 Å². The van der Waals surface area contributed by atoms with Crippen LogP contribution in [0.2, 0.25) is 0 Å². The summed E-state index contributed by atoms with van der Waals surface area (Å²) in [6.07, 6.45) is -2.75. The largest absolute Gasteiger partial charge is 0.467 e. The van der Waals surface area contributed by atoms with E-state index in [0.29, 0.717) is 5.76 Å². The second-order valence-corrected chi connectivity index (χ2v) is 7.34. The third-order valence-electron chi connectivity index (χ3n) is 5.45. The lowest BCUT2D eigenvalue weighted by Gasteiger charge is -2.35. The maximum atomic E-state index is 13.7. The first-order valence-corrected chi connectivity index (χ1v) is 9.94. The Balaban J connectivity index is 1.55. The lowest BCUT2D eigenvalue weighted by Crippen LogP contribution is -2.50. The molecule has 31 heavy (non-hydrogen) atoms. The van der Waals surface area contributed by atoms with Gasteiger partial charge in [0.2, 0.25) is 0 Å². The maximum absolute atomic E-state index is 13.7. The van der Waals surface area contributed by atoms with Gasteiger partial charge in [0, 0.05) is 32.6 Å². The van der Waals surface area contributed by atoms with E-state index in [1.165, 1.54) is 16.1 Å². The molecule has 2 aliphatic heterocycles. The molecule has 0 saturated carbocycles. The summed E-state index contributed by atoms with van der Waals surface area (Å²) < 4.78 is 52.2. The smallest absolute Gasteiger partial charge is 0.410 e. The van der Waals surface area contributed by atoms with Crippen molar-refractivity contribution in [2.45, 2.75) is 31.6 Å². The second kappa shape index (κ2) is 8.16. The predicted octanol–water partition coefficient (Wildman–Crippen LogP) is 3.05. The van der Waals surface area contributed by atoms with E-state index in [4.69, 9.17) is 9.15 Å². The van der Waals surface area contributed by atoms with Gasteiger partial charge in [-0.2, -0.15) is 18.3 Å². The molecule has 168 valence electrons. The van der Waals surface area contributed by atoms with Crippen LogP contribution in [-0.2, 0) is 4.74 Å². The first-order chi connectivity index (χ1) is 14.8. The minimum atomic E-state index is -4.54. The molecule has 2 amide bonds. The van der Waals surface area contributed by atoms with Crippen molar-refractivity contribution in [3.8, 4) is 0 Å².